The highest BCUT2D eigenvalue weighted by atomic mass is 19.4. The van der Waals surface area contributed by atoms with Crippen molar-refractivity contribution in [2.45, 2.75) is 25.6 Å². The molecule has 1 fully saturated rings. The van der Waals surface area contributed by atoms with Gasteiger partial charge in [-0.3, -0.25) is 5.10 Å². The summed E-state index contributed by atoms with van der Waals surface area (Å²) in [6.07, 6.45) is -4.12. The van der Waals surface area contributed by atoms with E-state index in [1.54, 1.807) is 0 Å². The van der Waals surface area contributed by atoms with Crippen LogP contribution in [0.4, 0.5) is 19.0 Å². The minimum Gasteiger partial charge on any atom is -0.366 e. The summed E-state index contributed by atoms with van der Waals surface area (Å²) in [6, 6.07) is 2.24. The zero-order valence-corrected chi connectivity index (χ0v) is 12.3. The summed E-state index contributed by atoms with van der Waals surface area (Å²) < 4.78 is 43.2. The minimum atomic E-state index is -4.49. The normalized spacial score (nSPS) is 19.1. The van der Waals surface area contributed by atoms with Crippen LogP contribution in [-0.4, -0.2) is 45.1 Å². The van der Waals surface area contributed by atoms with Crippen LogP contribution in [0.5, 0.6) is 0 Å². The molecule has 3 heterocycles. The number of aromatic amines is 1. The molecule has 2 aromatic rings. The molecule has 3 rings (SSSR count). The van der Waals surface area contributed by atoms with Crippen LogP contribution >= 0.6 is 0 Å². The van der Waals surface area contributed by atoms with E-state index in [-0.39, 0.29) is 6.10 Å². The number of nitrogens with zero attached hydrogens (tertiary/aromatic N) is 5. The topological polar surface area (TPSA) is 79.8 Å². The number of nitrogens with one attached hydrogen (secondary N) is 1. The van der Waals surface area contributed by atoms with E-state index >= 15 is 0 Å². The average Bonchev–Trinajstić information content (AvgIpc) is 3.03. The zero-order valence-electron chi connectivity index (χ0n) is 12.3. The first kappa shape index (κ1) is 15.7. The number of alkyl halides is 3. The number of halogens is 3. The largest absolute Gasteiger partial charge is 0.435 e. The standard InChI is InChI=1S/C13H15F3N6O/c1-2-10-17-12(21-19-10)8-7-22(5-6-23-8)11-4-3-9(18-20-11)13(14,15)16/h3-4,8H,2,5-7H2,1H3,(H,17,19,21). The van der Waals surface area contributed by atoms with E-state index in [4.69, 9.17) is 4.74 Å². The average molecular weight is 328 g/mol. The van der Waals surface area contributed by atoms with Gasteiger partial charge in [0.25, 0.3) is 0 Å². The molecule has 0 radical (unpaired) electrons. The highest BCUT2D eigenvalue weighted by Crippen LogP contribution is 2.28. The van der Waals surface area contributed by atoms with Gasteiger partial charge in [-0.25, -0.2) is 4.98 Å². The number of anilines is 1. The number of rotatable bonds is 3. The number of aryl methyl sites for hydroxylation is 1. The lowest BCUT2D eigenvalue weighted by atomic mass is 10.2. The number of H-pyrrole nitrogens is 1. The van der Waals surface area contributed by atoms with E-state index in [1.807, 2.05) is 11.8 Å². The Morgan fingerprint density at radius 2 is 2.17 bits per heavy atom. The van der Waals surface area contributed by atoms with Crippen LogP contribution in [0, 0.1) is 0 Å². The van der Waals surface area contributed by atoms with Crippen molar-refractivity contribution in [3.05, 3.63) is 29.5 Å². The molecule has 0 saturated carbocycles. The van der Waals surface area contributed by atoms with Crippen molar-refractivity contribution in [1.29, 1.82) is 0 Å². The van der Waals surface area contributed by atoms with Crippen molar-refractivity contribution in [2.75, 3.05) is 24.6 Å². The maximum absolute atomic E-state index is 12.5. The van der Waals surface area contributed by atoms with Crippen molar-refractivity contribution in [1.82, 2.24) is 25.4 Å². The summed E-state index contributed by atoms with van der Waals surface area (Å²) in [6.45, 7) is 3.28. The van der Waals surface area contributed by atoms with Crippen molar-refractivity contribution in [2.24, 2.45) is 0 Å². The Kier molecular flexibility index (Phi) is 4.16. The third kappa shape index (κ3) is 3.41. The van der Waals surface area contributed by atoms with Crippen molar-refractivity contribution in [3.8, 4) is 0 Å². The molecule has 1 atom stereocenters. The molecule has 0 aromatic carbocycles. The van der Waals surface area contributed by atoms with Gasteiger partial charge in [0.05, 0.1) is 13.2 Å². The second-order valence-corrected chi connectivity index (χ2v) is 5.07. The van der Waals surface area contributed by atoms with E-state index in [2.05, 4.69) is 25.4 Å². The molecule has 0 spiro atoms. The van der Waals surface area contributed by atoms with Gasteiger partial charge in [0.15, 0.2) is 17.3 Å². The van der Waals surface area contributed by atoms with Crippen molar-refractivity contribution < 1.29 is 17.9 Å². The molecule has 2 aromatic heterocycles. The second kappa shape index (κ2) is 6.11. The lowest BCUT2D eigenvalue weighted by molar-refractivity contribution is -0.141. The highest BCUT2D eigenvalue weighted by Gasteiger charge is 2.33. The summed E-state index contributed by atoms with van der Waals surface area (Å²) in [7, 11) is 0. The van der Waals surface area contributed by atoms with Crippen LogP contribution in [0.25, 0.3) is 0 Å². The fourth-order valence-corrected chi connectivity index (χ4v) is 2.27. The van der Waals surface area contributed by atoms with E-state index in [0.717, 1.165) is 18.3 Å². The van der Waals surface area contributed by atoms with E-state index < -0.39 is 11.9 Å². The smallest absolute Gasteiger partial charge is 0.366 e. The number of ether oxygens (including phenoxy) is 1. The molecular formula is C13H15F3N6O. The zero-order chi connectivity index (χ0) is 16.4. The molecule has 1 saturated heterocycles. The van der Waals surface area contributed by atoms with E-state index in [9.17, 15) is 13.2 Å². The molecule has 1 N–H and O–H groups in total. The monoisotopic (exact) mass is 328 g/mol. The predicted octanol–water partition coefficient (Wildman–Crippen LogP) is 1.75. The molecule has 0 aliphatic carbocycles. The Labute approximate surface area is 129 Å². The molecule has 10 heteroatoms. The van der Waals surface area contributed by atoms with Gasteiger partial charge >= 0.3 is 6.18 Å². The van der Waals surface area contributed by atoms with Crippen LogP contribution in [0.1, 0.15) is 30.4 Å². The lowest BCUT2D eigenvalue weighted by Crippen LogP contribution is -2.39. The predicted molar refractivity (Wildman–Crippen MR) is 73.7 cm³/mol. The van der Waals surface area contributed by atoms with E-state index in [0.29, 0.717) is 31.3 Å². The molecule has 0 amide bonds. The van der Waals surface area contributed by atoms with Crippen LogP contribution in [0.15, 0.2) is 12.1 Å². The summed E-state index contributed by atoms with van der Waals surface area (Å²) in [5.74, 6) is 1.67. The second-order valence-electron chi connectivity index (χ2n) is 5.07. The third-order valence-corrected chi connectivity index (χ3v) is 3.50. The molecule has 0 bridgehead atoms. The third-order valence-electron chi connectivity index (χ3n) is 3.50. The van der Waals surface area contributed by atoms with E-state index in [1.165, 1.54) is 6.07 Å². The quantitative estimate of drug-likeness (QED) is 0.925. The van der Waals surface area contributed by atoms with Crippen molar-refractivity contribution in [3.63, 3.8) is 0 Å². The maximum Gasteiger partial charge on any atom is 0.435 e. The fraction of sp³-hybridized carbons (Fsp3) is 0.538. The van der Waals surface area contributed by atoms with Crippen LogP contribution in [-0.2, 0) is 17.3 Å². The molecule has 1 unspecified atom stereocenters. The Hall–Kier alpha value is -2.23. The number of morpholine rings is 1. The minimum absolute atomic E-state index is 0.357. The summed E-state index contributed by atoms with van der Waals surface area (Å²) >= 11 is 0. The molecular weight excluding hydrogens is 313 g/mol. The number of hydrogen-bond acceptors (Lipinski definition) is 6. The maximum atomic E-state index is 12.5. The van der Waals surface area contributed by atoms with Crippen LogP contribution < -0.4 is 4.90 Å². The Balaban J connectivity index is 1.73. The summed E-state index contributed by atoms with van der Waals surface area (Å²) in [5.41, 5.74) is -1.01. The Bertz CT molecular complexity index is 656. The van der Waals surface area contributed by atoms with Crippen LogP contribution in [0.3, 0.4) is 0 Å². The molecule has 124 valence electrons. The lowest BCUT2D eigenvalue weighted by Gasteiger charge is -2.32. The van der Waals surface area contributed by atoms with Gasteiger partial charge in [0, 0.05) is 13.0 Å². The molecule has 7 nitrogen and oxygen atoms in total. The summed E-state index contributed by atoms with van der Waals surface area (Å²) in [5, 5.41) is 13.8. The first-order valence-electron chi connectivity index (χ1n) is 7.16. The van der Waals surface area contributed by atoms with Gasteiger partial charge in [-0.15, -0.1) is 10.2 Å². The van der Waals surface area contributed by atoms with Gasteiger partial charge in [0.2, 0.25) is 0 Å². The van der Waals surface area contributed by atoms with Gasteiger partial charge in [-0.1, -0.05) is 6.92 Å². The van der Waals surface area contributed by atoms with Gasteiger partial charge in [-0.05, 0) is 12.1 Å². The first-order valence-corrected chi connectivity index (χ1v) is 7.16. The van der Waals surface area contributed by atoms with Gasteiger partial charge in [-0.2, -0.15) is 18.3 Å². The Morgan fingerprint density at radius 1 is 1.35 bits per heavy atom. The molecule has 1 aliphatic rings. The summed E-state index contributed by atoms with van der Waals surface area (Å²) in [4.78, 5) is 6.13. The van der Waals surface area contributed by atoms with Crippen LogP contribution in [0.2, 0.25) is 0 Å². The number of hydrogen-bond donors (Lipinski definition) is 1. The fourth-order valence-electron chi connectivity index (χ4n) is 2.27. The SMILES string of the molecule is CCc1nc(C2CN(c3ccc(C(F)(F)F)nn3)CCO2)n[nH]1. The number of aromatic nitrogens is 5. The highest BCUT2D eigenvalue weighted by molar-refractivity contribution is 5.38. The molecule has 1 aliphatic heterocycles. The first-order chi connectivity index (χ1) is 11.0. The molecule has 23 heavy (non-hydrogen) atoms. The van der Waals surface area contributed by atoms with Gasteiger partial charge in [0.1, 0.15) is 11.9 Å². The van der Waals surface area contributed by atoms with Crippen molar-refractivity contribution >= 4 is 5.82 Å². The Morgan fingerprint density at radius 3 is 2.78 bits per heavy atom. The van der Waals surface area contributed by atoms with Gasteiger partial charge < -0.3 is 9.64 Å².